The number of fused-ring (bicyclic) bond motifs is 1. The molecule has 1 aliphatic rings. The number of amides is 1. The quantitative estimate of drug-likeness (QED) is 0.529. The van der Waals surface area contributed by atoms with E-state index < -0.39 is 5.97 Å². The molecule has 0 atom stereocenters. The Morgan fingerprint density at radius 1 is 1.17 bits per heavy atom. The van der Waals surface area contributed by atoms with Crippen LogP contribution in [0.4, 0.5) is 5.69 Å². The summed E-state index contributed by atoms with van der Waals surface area (Å²) in [6.07, 6.45) is 4.16. The predicted octanol–water partition coefficient (Wildman–Crippen LogP) is 4.51. The zero-order valence-corrected chi connectivity index (χ0v) is 16.8. The van der Waals surface area contributed by atoms with Crippen LogP contribution in [0.2, 0.25) is 0 Å². The van der Waals surface area contributed by atoms with Gasteiger partial charge in [0.15, 0.2) is 0 Å². The maximum Gasteiger partial charge on any atom is 0.303 e. The minimum Gasteiger partial charge on any atom is -0.496 e. The van der Waals surface area contributed by atoms with E-state index in [1.165, 1.54) is 0 Å². The number of aliphatic carboxylic acids is 1. The summed E-state index contributed by atoms with van der Waals surface area (Å²) in [6.45, 7) is 1.93. The van der Waals surface area contributed by atoms with Gasteiger partial charge in [0.25, 0.3) is 5.91 Å². The van der Waals surface area contributed by atoms with Crippen LogP contribution in [0.3, 0.4) is 0 Å². The van der Waals surface area contributed by atoms with Crippen LogP contribution in [0.1, 0.15) is 28.8 Å². The van der Waals surface area contributed by atoms with Gasteiger partial charge in [0.2, 0.25) is 0 Å². The number of aromatic nitrogens is 1. The first-order valence-corrected chi connectivity index (χ1v) is 9.67. The molecule has 2 aromatic carbocycles. The molecule has 0 aliphatic carbocycles. The molecule has 0 spiro atoms. The molecule has 6 nitrogen and oxygen atoms in total. The number of ether oxygens (including phenoxy) is 1. The van der Waals surface area contributed by atoms with E-state index in [0.29, 0.717) is 12.0 Å². The molecule has 1 aliphatic heterocycles. The fourth-order valence-electron chi connectivity index (χ4n) is 3.74. The zero-order chi connectivity index (χ0) is 21.3. The van der Waals surface area contributed by atoms with Crippen LogP contribution < -0.4 is 10.1 Å². The van der Waals surface area contributed by atoms with Crippen LogP contribution in [0.15, 0.2) is 48.7 Å². The van der Waals surface area contributed by atoms with E-state index in [-0.39, 0.29) is 12.3 Å². The number of para-hydroxylation sites is 1. The van der Waals surface area contributed by atoms with Crippen LogP contribution in [0.5, 0.6) is 5.75 Å². The van der Waals surface area contributed by atoms with Crippen molar-refractivity contribution in [3.8, 4) is 16.9 Å². The summed E-state index contributed by atoms with van der Waals surface area (Å²) in [5, 5.41) is 11.8. The standard InChI is InChI=1S/C24H22N2O4/c1-14-16(8-10-23(27)28)13-25-20(14)12-19-18-9-7-15(11-21(18)26-24(19)29)17-5-3-4-6-22(17)30-2/h3-7,9,11-13,25H,8,10H2,1-2H3,(H,26,29)(H,27,28). The van der Waals surface area contributed by atoms with Crippen LogP contribution in [-0.4, -0.2) is 29.1 Å². The SMILES string of the molecule is COc1ccccc1-c1ccc2c(c1)NC(=O)C2=Cc1[nH]cc(CCC(=O)O)c1C. The second kappa shape index (κ2) is 7.91. The van der Waals surface area contributed by atoms with Crippen molar-refractivity contribution in [1.29, 1.82) is 0 Å². The number of carbonyl (C=O) groups excluding carboxylic acids is 1. The Kier molecular flexibility index (Phi) is 5.14. The van der Waals surface area contributed by atoms with E-state index in [0.717, 1.165) is 44.9 Å². The molecule has 0 bridgehead atoms. The van der Waals surface area contributed by atoms with E-state index in [2.05, 4.69) is 10.3 Å². The lowest BCUT2D eigenvalue weighted by Gasteiger charge is -2.09. The van der Waals surface area contributed by atoms with Gasteiger partial charge < -0.3 is 20.1 Å². The first-order chi connectivity index (χ1) is 14.5. The summed E-state index contributed by atoms with van der Waals surface area (Å²) in [6, 6.07) is 13.6. The van der Waals surface area contributed by atoms with Crippen molar-refractivity contribution in [1.82, 2.24) is 4.98 Å². The Bertz CT molecular complexity index is 1170. The second-order valence-corrected chi connectivity index (χ2v) is 7.22. The highest BCUT2D eigenvalue weighted by molar-refractivity contribution is 6.35. The van der Waals surface area contributed by atoms with Crippen molar-refractivity contribution in [2.45, 2.75) is 19.8 Å². The molecule has 0 radical (unpaired) electrons. The number of nitrogens with one attached hydrogen (secondary N) is 2. The van der Waals surface area contributed by atoms with Gasteiger partial charge in [-0.3, -0.25) is 9.59 Å². The number of H-pyrrole nitrogens is 1. The molecule has 6 heteroatoms. The van der Waals surface area contributed by atoms with E-state index in [1.54, 1.807) is 7.11 Å². The van der Waals surface area contributed by atoms with Crippen LogP contribution in [0, 0.1) is 6.92 Å². The minimum absolute atomic E-state index is 0.0732. The normalized spacial score (nSPS) is 13.9. The lowest BCUT2D eigenvalue weighted by Crippen LogP contribution is -2.03. The molecular formula is C24H22N2O4. The van der Waals surface area contributed by atoms with Gasteiger partial charge in [0.05, 0.1) is 12.7 Å². The molecule has 3 aromatic rings. The summed E-state index contributed by atoms with van der Waals surface area (Å²) in [7, 11) is 1.64. The third-order valence-electron chi connectivity index (χ3n) is 5.41. The van der Waals surface area contributed by atoms with Crippen LogP contribution in [-0.2, 0) is 16.0 Å². The first-order valence-electron chi connectivity index (χ1n) is 9.67. The molecule has 0 unspecified atom stereocenters. The largest absolute Gasteiger partial charge is 0.496 e. The lowest BCUT2D eigenvalue weighted by molar-refractivity contribution is -0.137. The molecule has 0 saturated heterocycles. The third kappa shape index (κ3) is 3.59. The zero-order valence-electron chi connectivity index (χ0n) is 16.8. The monoisotopic (exact) mass is 402 g/mol. The van der Waals surface area contributed by atoms with Crippen molar-refractivity contribution in [2.24, 2.45) is 0 Å². The van der Waals surface area contributed by atoms with Crippen molar-refractivity contribution >= 4 is 29.2 Å². The smallest absolute Gasteiger partial charge is 0.303 e. The number of benzene rings is 2. The number of aromatic amines is 1. The third-order valence-corrected chi connectivity index (χ3v) is 5.41. The summed E-state index contributed by atoms with van der Waals surface area (Å²) >= 11 is 0. The second-order valence-electron chi connectivity index (χ2n) is 7.22. The van der Waals surface area contributed by atoms with E-state index in [4.69, 9.17) is 9.84 Å². The molecule has 1 aromatic heterocycles. The number of hydrogen-bond acceptors (Lipinski definition) is 3. The molecule has 1 amide bonds. The Balaban J connectivity index is 1.67. The number of carboxylic acids is 1. The molecule has 4 rings (SSSR count). The summed E-state index contributed by atoms with van der Waals surface area (Å²) < 4.78 is 5.45. The highest BCUT2D eigenvalue weighted by atomic mass is 16.5. The molecule has 152 valence electrons. The predicted molar refractivity (Wildman–Crippen MR) is 116 cm³/mol. The number of anilines is 1. The van der Waals surface area contributed by atoms with Gasteiger partial charge in [-0.1, -0.05) is 30.3 Å². The summed E-state index contributed by atoms with van der Waals surface area (Å²) in [4.78, 5) is 26.6. The van der Waals surface area contributed by atoms with Gasteiger partial charge in [-0.25, -0.2) is 0 Å². The molecule has 2 heterocycles. The highest BCUT2D eigenvalue weighted by Gasteiger charge is 2.25. The Labute approximate surface area is 174 Å². The average molecular weight is 402 g/mol. The molecule has 30 heavy (non-hydrogen) atoms. The van der Waals surface area contributed by atoms with E-state index in [1.807, 2.05) is 61.7 Å². The number of carboxylic acid groups (broad SMARTS) is 1. The summed E-state index contributed by atoms with van der Waals surface area (Å²) in [5.74, 6) is -0.220. The molecule has 0 saturated carbocycles. The molecule has 0 fully saturated rings. The minimum atomic E-state index is -0.828. The number of methoxy groups -OCH3 is 1. The number of carbonyl (C=O) groups is 2. The Hall–Kier alpha value is -3.80. The maximum absolute atomic E-state index is 12.6. The highest BCUT2D eigenvalue weighted by Crippen LogP contribution is 2.38. The van der Waals surface area contributed by atoms with Gasteiger partial charge in [0.1, 0.15) is 5.75 Å². The van der Waals surface area contributed by atoms with Crippen LogP contribution in [0.25, 0.3) is 22.8 Å². The number of rotatable bonds is 6. The van der Waals surface area contributed by atoms with Crippen molar-refractivity contribution in [3.05, 3.63) is 71.0 Å². The number of aryl methyl sites for hydroxylation is 1. The van der Waals surface area contributed by atoms with Gasteiger partial charge in [-0.05, 0) is 48.2 Å². The van der Waals surface area contributed by atoms with E-state index >= 15 is 0 Å². The topological polar surface area (TPSA) is 91.4 Å². The van der Waals surface area contributed by atoms with Gasteiger partial charge in [0, 0.05) is 35.1 Å². The van der Waals surface area contributed by atoms with Gasteiger partial charge >= 0.3 is 5.97 Å². The van der Waals surface area contributed by atoms with Gasteiger partial charge in [-0.15, -0.1) is 0 Å². The maximum atomic E-state index is 12.6. The Morgan fingerprint density at radius 2 is 1.97 bits per heavy atom. The average Bonchev–Trinajstić information content (AvgIpc) is 3.25. The van der Waals surface area contributed by atoms with E-state index in [9.17, 15) is 9.59 Å². The molecular weight excluding hydrogens is 380 g/mol. The summed E-state index contributed by atoms with van der Waals surface area (Å²) in [5.41, 5.74) is 6.78. The van der Waals surface area contributed by atoms with Crippen molar-refractivity contribution in [2.75, 3.05) is 12.4 Å². The van der Waals surface area contributed by atoms with Gasteiger partial charge in [-0.2, -0.15) is 0 Å². The fraction of sp³-hybridized carbons (Fsp3) is 0.167. The molecule has 3 N–H and O–H groups in total. The van der Waals surface area contributed by atoms with Crippen molar-refractivity contribution < 1.29 is 19.4 Å². The fourth-order valence-corrected chi connectivity index (χ4v) is 3.74. The Morgan fingerprint density at radius 3 is 2.73 bits per heavy atom. The lowest BCUT2D eigenvalue weighted by atomic mass is 9.99. The first kappa shape index (κ1) is 19.5. The van der Waals surface area contributed by atoms with Crippen molar-refractivity contribution in [3.63, 3.8) is 0 Å². The van der Waals surface area contributed by atoms with Crippen LogP contribution >= 0.6 is 0 Å². The number of hydrogen-bond donors (Lipinski definition) is 3.